The maximum absolute atomic E-state index is 10.4. The Kier molecular flexibility index (Phi) is 5.67. The molecule has 0 atom stereocenters. The SMILES string of the molecule is Cc1ccc(B(O)O)cc1.O=C1C=CCCC1. The summed E-state index contributed by atoms with van der Waals surface area (Å²) in [6.45, 7) is 1.95. The van der Waals surface area contributed by atoms with E-state index in [2.05, 4.69) is 0 Å². The summed E-state index contributed by atoms with van der Waals surface area (Å²) >= 11 is 0. The second kappa shape index (κ2) is 7.04. The highest BCUT2D eigenvalue weighted by atomic mass is 16.4. The van der Waals surface area contributed by atoms with Crippen LogP contribution in [-0.4, -0.2) is 22.9 Å². The van der Waals surface area contributed by atoms with Crippen molar-refractivity contribution in [3.8, 4) is 0 Å². The average molecular weight is 232 g/mol. The molecule has 3 nitrogen and oxygen atoms in total. The van der Waals surface area contributed by atoms with E-state index in [1.807, 2.05) is 25.1 Å². The lowest BCUT2D eigenvalue weighted by atomic mass is 9.80. The number of benzene rings is 1. The van der Waals surface area contributed by atoms with E-state index in [9.17, 15) is 4.79 Å². The summed E-state index contributed by atoms with van der Waals surface area (Å²) in [7, 11) is -1.35. The van der Waals surface area contributed by atoms with E-state index in [0.717, 1.165) is 24.8 Å². The fraction of sp³-hybridized carbons (Fsp3) is 0.308. The van der Waals surface area contributed by atoms with E-state index in [1.165, 1.54) is 0 Å². The minimum absolute atomic E-state index is 0.284. The molecule has 0 saturated heterocycles. The number of hydrogen-bond acceptors (Lipinski definition) is 3. The molecule has 0 radical (unpaired) electrons. The summed E-state index contributed by atoms with van der Waals surface area (Å²) in [6, 6.07) is 7.07. The van der Waals surface area contributed by atoms with Crippen LogP contribution in [0.15, 0.2) is 36.4 Å². The first-order valence-electron chi connectivity index (χ1n) is 5.71. The summed E-state index contributed by atoms with van der Waals surface area (Å²) in [6.07, 6.45) is 6.51. The Labute approximate surface area is 102 Å². The Morgan fingerprint density at radius 1 is 1.18 bits per heavy atom. The van der Waals surface area contributed by atoms with Crippen molar-refractivity contribution in [2.45, 2.75) is 26.2 Å². The molecule has 0 fully saturated rings. The normalized spacial score (nSPS) is 13.9. The van der Waals surface area contributed by atoms with Gasteiger partial charge >= 0.3 is 7.12 Å². The lowest BCUT2D eigenvalue weighted by Gasteiger charge is -1.97. The van der Waals surface area contributed by atoms with Crippen LogP contribution in [0, 0.1) is 6.92 Å². The molecular formula is C13H17BO3. The minimum atomic E-state index is -1.35. The van der Waals surface area contributed by atoms with Gasteiger partial charge in [0.1, 0.15) is 0 Å². The van der Waals surface area contributed by atoms with Gasteiger partial charge in [-0.2, -0.15) is 0 Å². The van der Waals surface area contributed by atoms with E-state index in [-0.39, 0.29) is 5.78 Å². The quantitative estimate of drug-likeness (QED) is 0.709. The zero-order valence-corrected chi connectivity index (χ0v) is 9.97. The first-order valence-corrected chi connectivity index (χ1v) is 5.71. The highest BCUT2D eigenvalue weighted by molar-refractivity contribution is 6.58. The lowest BCUT2D eigenvalue weighted by molar-refractivity contribution is -0.114. The largest absolute Gasteiger partial charge is 0.488 e. The molecule has 2 rings (SSSR count). The molecule has 0 amide bonds. The highest BCUT2D eigenvalue weighted by Crippen LogP contribution is 2.04. The third-order valence-corrected chi connectivity index (χ3v) is 2.47. The fourth-order valence-electron chi connectivity index (χ4n) is 1.43. The second-order valence-electron chi connectivity index (χ2n) is 4.05. The maximum Gasteiger partial charge on any atom is 0.488 e. The topological polar surface area (TPSA) is 57.5 Å². The van der Waals surface area contributed by atoms with Crippen LogP contribution in [-0.2, 0) is 4.79 Å². The van der Waals surface area contributed by atoms with Crippen LogP contribution in [0.4, 0.5) is 0 Å². The van der Waals surface area contributed by atoms with Crippen molar-refractivity contribution in [1.82, 2.24) is 0 Å². The molecule has 0 spiro atoms. The van der Waals surface area contributed by atoms with Crippen molar-refractivity contribution in [2.75, 3.05) is 0 Å². The molecule has 17 heavy (non-hydrogen) atoms. The lowest BCUT2D eigenvalue weighted by Crippen LogP contribution is -2.29. The van der Waals surface area contributed by atoms with Gasteiger partial charge in [-0.3, -0.25) is 4.79 Å². The monoisotopic (exact) mass is 232 g/mol. The van der Waals surface area contributed by atoms with Gasteiger partial charge in [0.25, 0.3) is 0 Å². The average Bonchev–Trinajstić information content (AvgIpc) is 2.31. The molecule has 1 aromatic rings. The van der Waals surface area contributed by atoms with Gasteiger partial charge in [-0.25, -0.2) is 0 Å². The molecule has 4 heteroatoms. The number of aryl methyl sites for hydroxylation is 1. The molecule has 90 valence electrons. The zero-order valence-electron chi connectivity index (χ0n) is 9.97. The Morgan fingerprint density at radius 3 is 2.18 bits per heavy atom. The number of allylic oxidation sites excluding steroid dienone is 2. The van der Waals surface area contributed by atoms with Crippen LogP contribution in [0.25, 0.3) is 0 Å². The van der Waals surface area contributed by atoms with Crippen molar-refractivity contribution in [2.24, 2.45) is 0 Å². The molecule has 0 unspecified atom stereocenters. The molecule has 0 aliphatic heterocycles. The maximum atomic E-state index is 10.4. The zero-order chi connectivity index (χ0) is 12.7. The van der Waals surface area contributed by atoms with E-state index >= 15 is 0 Å². The molecular weight excluding hydrogens is 215 g/mol. The van der Waals surface area contributed by atoms with E-state index in [1.54, 1.807) is 18.2 Å². The van der Waals surface area contributed by atoms with E-state index < -0.39 is 7.12 Å². The molecule has 0 heterocycles. The number of hydrogen-bond donors (Lipinski definition) is 2. The van der Waals surface area contributed by atoms with Crippen LogP contribution in [0.1, 0.15) is 24.8 Å². The summed E-state index contributed by atoms with van der Waals surface area (Å²) in [5.74, 6) is 0.284. The van der Waals surface area contributed by atoms with Gasteiger partial charge in [-0.05, 0) is 31.3 Å². The number of carbonyl (C=O) groups is 1. The molecule has 1 aliphatic rings. The van der Waals surface area contributed by atoms with Gasteiger partial charge in [-0.15, -0.1) is 0 Å². The Bertz CT molecular complexity index is 382. The minimum Gasteiger partial charge on any atom is -0.423 e. The first-order chi connectivity index (χ1) is 8.09. The van der Waals surface area contributed by atoms with E-state index in [4.69, 9.17) is 10.0 Å². The van der Waals surface area contributed by atoms with E-state index in [0.29, 0.717) is 5.46 Å². The van der Waals surface area contributed by atoms with Gasteiger partial charge < -0.3 is 10.0 Å². The Balaban J connectivity index is 0.000000181. The van der Waals surface area contributed by atoms with Crippen LogP contribution < -0.4 is 5.46 Å². The van der Waals surface area contributed by atoms with Gasteiger partial charge in [0.15, 0.2) is 5.78 Å². The first kappa shape index (κ1) is 13.7. The van der Waals surface area contributed by atoms with Crippen LogP contribution in [0.5, 0.6) is 0 Å². The number of ketones is 1. The smallest absolute Gasteiger partial charge is 0.423 e. The van der Waals surface area contributed by atoms with Crippen LogP contribution in [0.3, 0.4) is 0 Å². The fourth-order valence-corrected chi connectivity index (χ4v) is 1.43. The standard InChI is InChI=1S/C7H9BO2.C6H8O/c1-6-2-4-7(5-3-6)8(9)10;7-6-4-2-1-3-5-6/h2-5,9-10H,1H3;2,4H,1,3,5H2. The van der Waals surface area contributed by atoms with Gasteiger partial charge in [0.05, 0.1) is 0 Å². The molecule has 2 N–H and O–H groups in total. The third kappa shape index (κ3) is 5.47. The Hall–Kier alpha value is -1.39. The van der Waals surface area contributed by atoms with Gasteiger partial charge in [0, 0.05) is 6.42 Å². The van der Waals surface area contributed by atoms with Crippen LogP contribution in [0.2, 0.25) is 0 Å². The highest BCUT2D eigenvalue weighted by Gasteiger charge is 2.08. The van der Waals surface area contributed by atoms with Crippen molar-refractivity contribution >= 4 is 18.4 Å². The summed E-state index contributed by atoms with van der Waals surface area (Å²) in [4.78, 5) is 10.4. The predicted molar refractivity (Wildman–Crippen MR) is 69.0 cm³/mol. The molecule has 0 bridgehead atoms. The van der Waals surface area contributed by atoms with Crippen molar-refractivity contribution < 1.29 is 14.8 Å². The number of carbonyl (C=O) groups excluding carboxylic acids is 1. The van der Waals surface area contributed by atoms with Crippen molar-refractivity contribution in [1.29, 1.82) is 0 Å². The summed E-state index contributed by atoms with van der Waals surface area (Å²) < 4.78 is 0. The van der Waals surface area contributed by atoms with Gasteiger partial charge in [-0.1, -0.05) is 35.9 Å². The number of rotatable bonds is 1. The predicted octanol–water partition coefficient (Wildman–Crippen LogP) is 0.970. The van der Waals surface area contributed by atoms with Gasteiger partial charge in [0.2, 0.25) is 0 Å². The van der Waals surface area contributed by atoms with Crippen LogP contribution >= 0.6 is 0 Å². The molecule has 1 aliphatic carbocycles. The van der Waals surface area contributed by atoms with Crippen molar-refractivity contribution in [3.05, 3.63) is 42.0 Å². The summed E-state index contributed by atoms with van der Waals surface area (Å²) in [5, 5.41) is 17.3. The molecule has 0 aromatic heterocycles. The summed E-state index contributed by atoms with van der Waals surface area (Å²) in [5.41, 5.74) is 1.65. The second-order valence-corrected chi connectivity index (χ2v) is 4.05. The molecule has 1 aromatic carbocycles. The third-order valence-electron chi connectivity index (χ3n) is 2.47. The Morgan fingerprint density at radius 2 is 1.82 bits per heavy atom. The molecule has 0 saturated carbocycles. The van der Waals surface area contributed by atoms with Crippen molar-refractivity contribution in [3.63, 3.8) is 0 Å².